The fraction of sp³-hybridized carbons (Fsp3) is 0.235. The van der Waals surface area contributed by atoms with Crippen LogP contribution in [0, 0.1) is 10.5 Å². The predicted octanol–water partition coefficient (Wildman–Crippen LogP) is 3.81. The maximum absolute atomic E-state index is 11.9. The molecule has 0 atom stereocenters. The number of hydrogen-bond donors (Lipinski definition) is 1. The molecule has 24 heavy (non-hydrogen) atoms. The molecule has 1 aromatic carbocycles. The van der Waals surface area contributed by atoms with E-state index in [4.69, 9.17) is 4.74 Å². The van der Waals surface area contributed by atoms with Crippen LogP contribution in [-0.2, 0) is 14.3 Å². The minimum atomic E-state index is -0.561. The summed E-state index contributed by atoms with van der Waals surface area (Å²) >= 11 is 3.51. The van der Waals surface area contributed by atoms with E-state index in [1.807, 2.05) is 31.2 Å². The van der Waals surface area contributed by atoms with Crippen molar-refractivity contribution in [1.29, 1.82) is 0 Å². The van der Waals surface area contributed by atoms with Gasteiger partial charge in [0.2, 0.25) is 0 Å². The Balaban J connectivity index is 1.72. The van der Waals surface area contributed by atoms with E-state index in [1.165, 1.54) is 11.3 Å². The van der Waals surface area contributed by atoms with E-state index >= 15 is 0 Å². The normalized spacial score (nSPS) is 10.2. The van der Waals surface area contributed by atoms with Crippen LogP contribution in [-0.4, -0.2) is 24.3 Å². The third kappa shape index (κ3) is 5.72. The van der Waals surface area contributed by atoms with Gasteiger partial charge in [-0.05, 0) is 53.8 Å². The maximum atomic E-state index is 11.9. The molecule has 1 amide bonds. The Morgan fingerprint density at radius 3 is 2.54 bits per heavy atom. The molecule has 0 aliphatic carbocycles. The lowest BCUT2D eigenvalue weighted by molar-refractivity contribution is -0.147. The van der Waals surface area contributed by atoms with Crippen LogP contribution < -0.4 is 5.32 Å². The standard InChI is InChI=1S/C17H16INO4S/c1-11-6-8-15(24-11)14(20)7-9-17(22)23-10-16(21)19-13-5-3-2-4-12(13)18/h2-6,8H,7,9-10H2,1H3,(H,19,21). The third-order valence-corrected chi connectivity index (χ3v) is 5.07. The smallest absolute Gasteiger partial charge is 0.306 e. The van der Waals surface area contributed by atoms with E-state index in [9.17, 15) is 14.4 Å². The number of rotatable bonds is 7. The number of nitrogens with one attached hydrogen (secondary N) is 1. The lowest BCUT2D eigenvalue weighted by Gasteiger charge is -2.07. The van der Waals surface area contributed by atoms with Crippen molar-refractivity contribution in [3.05, 3.63) is 49.7 Å². The van der Waals surface area contributed by atoms with Gasteiger partial charge >= 0.3 is 5.97 Å². The van der Waals surface area contributed by atoms with Crippen LogP contribution in [0.25, 0.3) is 0 Å². The van der Waals surface area contributed by atoms with Gasteiger partial charge in [-0.2, -0.15) is 0 Å². The van der Waals surface area contributed by atoms with Gasteiger partial charge in [0.15, 0.2) is 12.4 Å². The topological polar surface area (TPSA) is 72.5 Å². The quantitative estimate of drug-likeness (QED) is 0.390. The van der Waals surface area contributed by atoms with Crippen LogP contribution in [0.1, 0.15) is 27.4 Å². The fourth-order valence-electron chi connectivity index (χ4n) is 1.89. The van der Waals surface area contributed by atoms with E-state index in [-0.39, 0.29) is 25.2 Å². The number of ketones is 1. The number of carbonyl (C=O) groups excluding carboxylic acids is 3. The zero-order chi connectivity index (χ0) is 17.5. The molecule has 0 fully saturated rings. The molecule has 1 heterocycles. The van der Waals surface area contributed by atoms with Crippen molar-refractivity contribution >= 4 is 57.3 Å². The second-order valence-corrected chi connectivity index (χ2v) is 7.47. The highest BCUT2D eigenvalue weighted by atomic mass is 127. The van der Waals surface area contributed by atoms with Crippen molar-refractivity contribution in [3.8, 4) is 0 Å². The highest BCUT2D eigenvalue weighted by Gasteiger charge is 2.13. The second-order valence-electron chi connectivity index (χ2n) is 5.02. The first kappa shape index (κ1) is 18.6. The third-order valence-electron chi connectivity index (χ3n) is 3.08. The molecule has 2 rings (SSSR count). The number of anilines is 1. The van der Waals surface area contributed by atoms with Gasteiger partial charge in [-0.15, -0.1) is 11.3 Å². The minimum Gasteiger partial charge on any atom is -0.456 e. The molecule has 0 aliphatic heterocycles. The summed E-state index contributed by atoms with van der Waals surface area (Å²) in [6.07, 6.45) is 0.0446. The van der Waals surface area contributed by atoms with Gasteiger partial charge in [-0.25, -0.2) is 0 Å². The molecule has 7 heteroatoms. The summed E-state index contributed by atoms with van der Waals surface area (Å²) in [5.41, 5.74) is 0.669. The number of benzene rings is 1. The monoisotopic (exact) mass is 457 g/mol. The molecular weight excluding hydrogens is 441 g/mol. The largest absolute Gasteiger partial charge is 0.456 e. The Morgan fingerprint density at radius 1 is 1.12 bits per heavy atom. The summed E-state index contributed by atoms with van der Waals surface area (Å²) in [6.45, 7) is 1.55. The number of Topliss-reactive ketones (excluding diaryl/α,β-unsaturated/α-hetero) is 1. The Hall–Kier alpha value is -1.74. The van der Waals surface area contributed by atoms with Crippen LogP contribution in [0.4, 0.5) is 5.69 Å². The van der Waals surface area contributed by atoms with Gasteiger partial charge in [-0.1, -0.05) is 12.1 Å². The van der Waals surface area contributed by atoms with Crippen molar-refractivity contribution in [3.63, 3.8) is 0 Å². The van der Waals surface area contributed by atoms with Crippen LogP contribution in [0.5, 0.6) is 0 Å². The summed E-state index contributed by atoms with van der Waals surface area (Å²) in [5, 5.41) is 2.67. The number of ether oxygens (including phenoxy) is 1. The highest BCUT2D eigenvalue weighted by Crippen LogP contribution is 2.18. The molecule has 1 aromatic heterocycles. The summed E-state index contributed by atoms with van der Waals surface area (Å²) in [4.78, 5) is 37.0. The zero-order valence-corrected chi connectivity index (χ0v) is 16.0. The molecule has 0 spiro atoms. The number of esters is 1. The van der Waals surface area contributed by atoms with Crippen molar-refractivity contribution < 1.29 is 19.1 Å². The average molecular weight is 457 g/mol. The number of aryl methyl sites for hydroxylation is 1. The zero-order valence-electron chi connectivity index (χ0n) is 13.0. The number of halogens is 1. The van der Waals surface area contributed by atoms with Gasteiger partial charge in [0.05, 0.1) is 17.0 Å². The van der Waals surface area contributed by atoms with Crippen molar-refractivity contribution in [1.82, 2.24) is 0 Å². The molecule has 0 saturated heterocycles. The molecule has 0 saturated carbocycles. The number of thiophene rings is 1. The first-order valence-corrected chi connectivity index (χ1v) is 9.15. The van der Waals surface area contributed by atoms with Crippen LogP contribution in [0.2, 0.25) is 0 Å². The van der Waals surface area contributed by atoms with Crippen molar-refractivity contribution in [2.24, 2.45) is 0 Å². The van der Waals surface area contributed by atoms with E-state index in [0.717, 1.165) is 8.45 Å². The molecule has 0 bridgehead atoms. The highest BCUT2D eigenvalue weighted by molar-refractivity contribution is 14.1. The first-order chi connectivity index (χ1) is 11.5. The number of amides is 1. The summed E-state index contributed by atoms with van der Waals surface area (Å²) in [7, 11) is 0. The number of para-hydroxylation sites is 1. The average Bonchev–Trinajstić information content (AvgIpc) is 2.99. The van der Waals surface area contributed by atoms with Gasteiger partial charge in [0, 0.05) is 14.9 Å². The van der Waals surface area contributed by atoms with Crippen LogP contribution >= 0.6 is 33.9 Å². The van der Waals surface area contributed by atoms with E-state index in [1.54, 1.807) is 12.1 Å². The Labute approximate surface area is 157 Å². The number of hydrogen-bond acceptors (Lipinski definition) is 5. The lowest BCUT2D eigenvalue weighted by atomic mass is 10.2. The predicted molar refractivity (Wildman–Crippen MR) is 101 cm³/mol. The number of carbonyl (C=O) groups is 3. The second kappa shape index (κ2) is 8.93. The van der Waals surface area contributed by atoms with E-state index in [0.29, 0.717) is 10.6 Å². The molecule has 5 nitrogen and oxygen atoms in total. The van der Waals surface area contributed by atoms with E-state index in [2.05, 4.69) is 27.9 Å². The van der Waals surface area contributed by atoms with Gasteiger partial charge in [0.25, 0.3) is 5.91 Å². The Morgan fingerprint density at radius 2 is 1.88 bits per heavy atom. The molecule has 126 valence electrons. The van der Waals surface area contributed by atoms with Crippen LogP contribution in [0.3, 0.4) is 0 Å². The molecule has 0 aliphatic rings. The van der Waals surface area contributed by atoms with Gasteiger partial charge in [0.1, 0.15) is 0 Å². The van der Waals surface area contributed by atoms with Crippen molar-refractivity contribution in [2.45, 2.75) is 19.8 Å². The molecule has 1 N–H and O–H groups in total. The summed E-state index contributed by atoms with van der Waals surface area (Å²) in [6, 6.07) is 10.9. The minimum absolute atomic E-state index is 0.0358. The van der Waals surface area contributed by atoms with E-state index < -0.39 is 11.9 Å². The lowest BCUT2D eigenvalue weighted by Crippen LogP contribution is -2.21. The summed E-state index contributed by atoms with van der Waals surface area (Å²) in [5.74, 6) is -1.06. The van der Waals surface area contributed by atoms with Gasteiger partial charge in [-0.3, -0.25) is 14.4 Å². The Bertz CT molecular complexity index is 757. The molecule has 2 aromatic rings. The molecule has 0 radical (unpaired) electrons. The van der Waals surface area contributed by atoms with Crippen LogP contribution in [0.15, 0.2) is 36.4 Å². The maximum Gasteiger partial charge on any atom is 0.306 e. The summed E-state index contributed by atoms with van der Waals surface area (Å²) < 4.78 is 5.80. The molecular formula is C17H16INO4S. The first-order valence-electron chi connectivity index (χ1n) is 7.25. The van der Waals surface area contributed by atoms with Gasteiger partial charge < -0.3 is 10.1 Å². The SMILES string of the molecule is Cc1ccc(C(=O)CCC(=O)OCC(=O)Nc2ccccc2I)s1. The molecule has 0 unspecified atom stereocenters. The Kier molecular flexibility index (Phi) is 6.92. The van der Waals surface area contributed by atoms with Crippen molar-refractivity contribution in [2.75, 3.05) is 11.9 Å². The fourth-order valence-corrected chi connectivity index (χ4v) is 3.25.